The maximum atomic E-state index is 5.46. The smallest absolute Gasteiger partial charge is 0.180 e. The molecule has 0 saturated carbocycles. The number of pyridine rings is 1. The van der Waals surface area contributed by atoms with Gasteiger partial charge in [0.2, 0.25) is 0 Å². The normalized spacial score (nSPS) is 14.8. The summed E-state index contributed by atoms with van der Waals surface area (Å²) in [6, 6.07) is 7.97. The van der Waals surface area contributed by atoms with Gasteiger partial charge in [-0.3, -0.25) is 4.98 Å². The van der Waals surface area contributed by atoms with Crippen molar-refractivity contribution in [3.05, 3.63) is 36.2 Å². The Morgan fingerprint density at radius 1 is 1.21 bits per heavy atom. The minimum absolute atomic E-state index is 0.714. The molecule has 1 aliphatic rings. The first-order valence-corrected chi connectivity index (χ1v) is 9.72. The van der Waals surface area contributed by atoms with E-state index in [2.05, 4.69) is 22.9 Å². The largest absolute Gasteiger partial charge is 0.378 e. The van der Waals surface area contributed by atoms with Gasteiger partial charge in [-0.15, -0.1) is 0 Å². The molecule has 0 aromatic carbocycles. The number of rotatable bonds is 7. The van der Waals surface area contributed by atoms with Gasteiger partial charge in [-0.2, -0.15) is 11.8 Å². The highest BCUT2D eigenvalue weighted by Gasteiger charge is 2.16. The lowest BCUT2D eigenvalue weighted by atomic mass is 10.3. The second-order valence-corrected chi connectivity index (χ2v) is 6.87. The summed E-state index contributed by atoms with van der Waals surface area (Å²) in [4.78, 5) is 16.2. The average Bonchev–Trinajstić information content (AvgIpc) is 2.66. The van der Waals surface area contributed by atoms with Gasteiger partial charge in [0.05, 0.1) is 18.9 Å². The molecule has 1 aliphatic heterocycles. The van der Waals surface area contributed by atoms with Gasteiger partial charge in [-0.1, -0.05) is 19.4 Å². The molecule has 1 fully saturated rings. The van der Waals surface area contributed by atoms with Crippen molar-refractivity contribution in [1.82, 2.24) is 15.0 Å². The zero-order valence-electron chi connectivity index (χ0n) is 14.1. The van der Waals surface area contributed by atoms with E-state index in [4.69, 9.17) is 14.7 Å². The molecule has 0 spiro atoms. The molecule has 0 bridgehead atoms. The van der Waals surface area contributed by atoms with Crippen molar-refractivity contribution in [2.45, 2.75) is 25.5 Å². The van der Waals surface area contributed by atoms with Crippen LogP contribution in [0.1, 0.15) is 25.5 Å². The van der Waals surface area contributed by atoms with Crippen LogP contribution in [0.25, 0.3) is 11.5 Å². The van der Waals surface area contributed by atoms with Gasteiger partial charge in [0, 0.05) is 31.1 Å². The Morgan fingerprint density at radius 2 is 2.08 bits per heavy atom. The predicted molar refractivity (Wildman–Crippen MR) is 99.4 cm³/mol. The summed E-state index contributed by atoms with van der Waals surface area (Å²) in [6.45, 7) is 5.48. The number of aromatic nitrogens is 3. The first kappa shape index (κ1) is 17.2. The van der Waals surface area contributed by atoms with E-state index in [1.54, 1.807) is 6.20 Å². The van der Waals surface area contributed by atoms with Crippen molar-refractivity contribution < 1.29 is 4.74 Å². The molecule has 0 amide bonds. The van der Waals surface area contributed by atoms with Crippen LogP contribution in [0.3, 0.4) is 0 Å². The van der Waals surface area contributed by atoms with Crippen molar-refractivity contribution in [2.75, 3.05) is 37.0 Å². The first-order valence-electron chi connectivity index (χ1n) is 8.56. The van der Waals surface area contributed by atoms with Crippen LogP contribution in [0.4, 0.5) is 5.82 Å². The van der Waals surface area contributed by atoms with E-state index in [0.29, 0.717) is 5.82 Å². The molecule has 0 aliphatic carbocycles. The summed E-state index contributed by atoms with van der Waals surface area (Å²) in [5, 5.41) is 0. The molecule has 0 N–H and O–H groups in total. The fraction of sp³-hybridized carbons (Fsp3) is 0.500. The maximum Gasteiger partial charge on any atom is 0.180 e. The fourth-order valence-electron chi connectivity index (χ4n) is 2.54. The maximum absolute atomic E-state index is 5.46. The van der Waals surface area contributed by atoms with Crippen molar-refractivity contribution in [3.8, 4) is 11.5 Å². The summed E-state index contributed by atoms with van der Waals surface area (Å²) in [5.41, 5.74) is 1.90. The molecule has 2 aromatic rings. The van der Waals surface area contributed by atoms with Gasteiger partial charge < -0.3 is 9.64 Å². The van der Waals surface area contributed by atoms with Crippen LogP contribution in [0, 0.1) is 0 Å². The van der Waals surface area contributed by atoms with Gasteiger partial charge in [0.25, 0.3) is 0 Å². The molecule has 24 heavy (non-hydrogen) atoms. The minimum Gasteiger partial charge on any atom is -0.378 e. The van der Waals surface area contributed by atoms with Gasteiger partial charge >= 0.3 is 0 Å². The number of thioether (sulfide) groups is 1. The molecule has 128 valence electrons. The summed E-state index contributed by atoms with van der Waals surface area (Å²) >= 11 is 1.94. The van der Waals surface area contributed by atoms with Crippen LogP contribution < -0.4 is 4.90 Å². The van der Waals surface area contributed by atoms with Crippen molar-refractivity contribution >= 4 is 17.6 Å². The molecule has 0 radical (unpaired) electrons. The Bertz CT molecular complexity index is 632. The van der Waals surface area contributed by atoms with Gasteiger partial charge in [0.15, 0.2) is 5.82 Å². The van der Waals surface area contributed by atoms with Crippen LogP contribution in [0.15, 0.2) is 30.5 Å². The Morgan fingerprint density at radius 3 is 2.83 bits per heavy atom. The van der Waals surface area contributed by atoms with Gasteiger partial charge in [0.1, 0.15) is 11.5 Å². The summed E-state index contributed by atoms with van der Waals surface area (Å²) < 4.78 is 5.46. The highest BCUT2D eigenvalue weighted by molar-refractivity contribution is 7.98. The third-order valence-corrected chi connectivity index (χ3v) is 4.96. The number of hydrogen-bond acceptors (Lipinski definition) is 6. The lowest BCUT2D eigenvalue weighted by Crippen LogP contribution is -2.37. The van der Waals surface area contributed by atoms with E-state index in [0.717, 1.165) is 49.3 Å². The monoisotopic (exact) mass is 344 g/mol. The van der Waals surface area contributed by atoms with E-state index in [1.807, 2.05) is 30.0 Å². The first-order chi connectivity index (χ1) is 11.9. The average molecular weight is 344 g/mol. The number of ether oxygens (including phenoxy) is 1. The Kier molecular flexibility index (Phi) is 6.43. The van der Waals surface area contributed by atoms with Crippen LogP contribution in [0.5, 0.6) is 0 Å². The molecule has 0 unspecified atom stereocenters. The van der Waals surface area contributed by atoms with E-state index >= 15 is 0 Å². The fourth-order valence-corrected chi connectivity index (χ4v) is 3.54. The molecule has 3 heterocycles. The third kappa shape index (κ3) is 4.68. The quantitative estimate of drug-likeness (QED) is 0.718. The van der Waals surface area contributed by atoms with Crippen LogP contribution in [-0.4, -0.2) is 47.0 Å². The number of morpholine rings is 1. The Hall–Kier alpha value is -1.66. The van der Waals surface area contributed by atoms with Gasteiger partial charge in [-0.25, -0.2) is 9.97 Å². The number of anilines is 1. The summed E-state index contributed by atoms with van der Waals surface area (Å²) in [5.74, 6) is 3.79. The predicted octanol–water partition coefficient (Wildman–Crippen LogP) is 3.41. The second-order valence-electron chi connectivity index (χ2n) is 5.76. The van der Waals surface area contributed by atoms with E-state index < -0.39 is 0 Å². The number of nitrogens with zero attached hydrogens (tertiary/aromatic N) is 4. The van der Waals surface area contributed by atoms with Crippen molar-refractivity contribution in [2.24, 2.45) is 0 Å². The number of hydrogen-bond donors (Lipinski definition) is 0. The number of unbranched alkanes of at least 4 members (excludes halogenated alkanes) is 1. The van der Waals surface area contributed by atoms with E-state index in [1.165, 1.54) is 18.6 Å². The lowest BCUT2D eigenvalue weighted by molar-refractivity contribution is 0.122. The molecule has 1 saturated heterocycles. The summed E-state index contributed by atoms with van der Waals surface area (Å²) in [6.07, 6.45) is 4.27. The van der Waals surface area contributed by atoms with Crippen molar-refractivity contribution in [3.63, 3.8) is 0 Å². The van der Waals surface area contributed by atoms with E-state index in [-0.39, 0.29) is 0 Å². The molecular formula is C18H24N4OS. The Balaban J connectivity index is 1.84. The topological polar surface area (TPSA) is 51.1 Å². The van der Waals surface area contributed by atoms with E-state index in [9.17, 15) is 0 Å². The molecule has 5 nitrogen and oxygen atoms in total. The van der Waals surface area contributed by atoms with Crippen LogP contribution in [-0.2, 0) is 10.5 Å². The standard InChI is InChI=1S/C18H24N4OS/c1-2-3-12-24-14-15-13-17(22-8-10-23-11-9-22)21-18(20-15)16-6-4-5-7-19-16/h4-7,13H,2-3,8-12,14H2,1H3. The van der Waals surface area contributed by atoms with Gasteiger partial charge in [-0.05, 0) is 24.3 Å². The summed E-state index contributed by atoms with van der Waals surface area (Å²) in [7, 11) is 0. The molecule has 2 aromatic heterocycles. The zero-order chi connectivity index (χ0) is 16.6. The highest BCUT2D eigenvalue weighted by Crippen LogP contribution is 2.22. The molecular weight excluding hydrogens is 320 g/mol. The Labute approximate surface area is 147 Å². The minimum atomic E-state index is 0.714. The van der Waals surface area contributed by atoms with Crippen LogP contribution >= 0.6 is 11.8 Å². The zero-order valence-corrected chi connectivity index (χ0v) is 15.0. The SMILES string of the molecule is CCCCSCc1cc(N2CCOCC2)nc(-c2ccccn2)n1. The molecule has 6 heteroatoms. The van der Waals surface area contributed by atoms with Crippen molar-refractivity contribution in [1.29, 1.82) is 0 Å². The third-order valence-electron chi connectivity index (χ3n) is 3.89. The van der Waals surface area contributed by atoms with Crippen LogP contribution in [0.2, 0.25) is 0 Å². The lowest BCUT2D eigenvalue weighted by Gasteiger charge is -2.28. The second kappa shape index (κ2) is 8.99. The molecule has 0 atom stereocenters. The highest BCUT2D eigenvalue weighted by atomic mass is 32.2. The molecule has 3 rings (SSSR count).